The molecule has 2 aromatic rings. The summed E-state index contributed by atoms with van der Waals surface area (Å²) in [6, 6.07) is 14.9. The zero-order valence-corrected chi connectivity index (χ0v) is 12.5. The first-order valence-corrected chi connectivity index (χ1v) is 7.94. The Kier molecular flexibility index (Phi) is 5.07. The maximum Gasteiger partial charge on any atom is 0.432 e. The maximum absolute atomic E-state index is 13.0. The number of alkyl halides is 3. The number of nitrogens with one attached hydrogen (secondary N) is 2. The van der Waals surface area contributed by atoms with Crippen LogP contribution in [0.3, 0.4) is 0 Å². The van der Waals surface area contributed by atoms with Gasteiger partial charge in [-0.05, 0) is 23.8 Å². The van der Waals surface area contributed by atoms with Gasteiger partial charge in [0.1, 0.15) is 5.70 Å². The van der Waals surface area contributed by atoms with Gasteiger partial charge >= 0.3 is 6.18 Å². The zero-order valence-electron chi connectivity index (χ0n) is 11.7. The second kappa shape index (κ2) is 6.84. The molecule has 0 spiro atoms. The topological polar surface area (TPSA) is 58.2 Å². The third-order valence-electron chi connectivity index (χ3n) is 2.79. The van der Waals surface area contributed by atoms with E-state index in [0.29, 0.717) is 0 Å². The van der Waals surface area contributed by atoms with Crippen LogP contribution in [0.15, 0.2) is 71.3 Å². The third kappa shape index (κ3) is 4.83. The minimum absolute atomic E-state index is 0.145. The SMILES string of the molecule is O=S(=O)(NNC(=Cc1ccccc1)C(F)(F)F)c1ccccc1. The molecule has 0 heterocycles. The molecule has 0 aliphatic carbocycles. The lowest BCUT2D eigenvalue weighted by Crippen LogP contribution is -2.40. The van der Waals surface area contributed by atoms with Crippen molar-refractivity contribution in [3.8, 4) is 0 Å². The van der Waals surface area contributed by atoms with E-state index in [0.717, 1.165) is 6.08 Å². The van der Waals surface area contributed by atoms with Crippen LogP contribution in [0.4, 0.5) is 13.2 Å². The predicted octanol–water partition coefficient (Wildman–Crippen LogP) is 3.07. The van der Waals surface area contributed by atoms with Gasteiger partial charge in [-0.1, -0.05) is 48.5 Å². The van der Waals surface area contributed by atoms with Gasteiger partial charge in [-0.2, -0.15) is 13.2 Å². The van der Waals surface area contributed by atoms with Crippen LogP contribution < -0.4 is 10.3 Å². The molecular weight excluding hydrogens is 329 g/mol. The Hall–Kier alpha value is -2.32. The van der Waals surface area contributed by atoms with Gasteiger partial charge in [0.05, 0.1) is 4.90 Å². The summed E-state index contributed by atoms with van der Waals surface area (Å²) in [4.78, 5) is 1.59. The normalized spacial score (nSPS) is 12.9. The fraction of sp³-hybridized carbons (Fsp3) is 0.0667. The average molecular weight is 342 g/mol. The van der Waals surface area contributed by atoms with Gasteiger partial charge in [-0.3, -0.25) is 0 Å². The standard InChI is InChI=1S/C15H13F3N2O2S/c16-15(17,18)14(11-12-7-3-1-4-8-12)19-20-23(21,22)13-9-5-2-6-10-13/h1-11,19-20H. The van der Waals surface area contributed by atoms with Crippen LogP contribution in [0.2, 0.25) is 0 Å². The largest absolute Gasteiger partial charge is 0.432 e. The van der Waals surface area contributed by atoms with Crippen molar-refractivity contribution in [2.75, 3.05) is 0 Å². The zero-order chi connectivity index (χ0) is 16.9. The number of rotatable bonds is 5. The average Bonchev–Trinajstić information content (AvgIpc) is 2.52. The summed E-state index contributed by atoms with van der Waals surface area (Å²) >= 11 is 0. The molecule has 0 fully saturated rings. The summed E-state index contributed by atoms with van der Waals surface area (Å²) in [6.45, 7) is 0. The molecule has 23 heavy (non-hydrogen) atoms. The van der Waals surface area contributed by atoms with E-state index in [1.54, 1.807) is 34.5 Å². The van der Waals surface area contributed by atoms with Gasteiger partial charge in [-0.15, -0.1) is 4.83 Å². The summed E-state index contributed by atoms with van der Waals surface area (Å²) in [7, 11) is -4.11. The fourth-order valence-electron chi connectivity index (χ4n) is 1.69. The highest BCUT2D eigenvalue weighted by atomic mass is 32.2. The smallest absolute Gasteiger partial charge is 0.304 e. The lowest BCUT2D eigenvalue weighted by Gasteiger charge is -2.15. The molecule has 8 heteroatoms. The Labute approximate surface area is 131 Å². The minimum atomic E-state index is -4.74. The summed E-state index contributed by atoms with van der Waals surface area (Å²) in [5.74, 6) is 0. The number of hydrogen-bond acceptors (Lipinski definition) is 3. The molecular formula is C15H13F3N2O2S. The summed E-state index contributed by atoms with van der Waals surface area (Å²) in [5.41, 5.74) is 0.809. The van der Waals surface area contributed by atoms with E-state index in [-0.39, 0.29) is 10.5 Å². The molecule has 0 bridgehead atoms. The van der Waals surface area contributed by atoms with Gasteiger partial charge in [0.2, 0.25) is 0 Å². The van der Waals surface area contributed by atoms with Gasteiger partial charge in [-0.25, -0.2) is 8.42 Å². The molecule has 2 aromatic carbocycles. The first kappa shape index (κ1) is 17.0. The molecule has 0 unspecified atom stereocenters. The van der Waals surface area contributed by atoms with Gasteiger partial charge in [0.15, 0.2) is 0 Å². The van der Waals surface area contributed by atoms with E-state index in [1.165, 1.54) is 36.4 Å². The summed E-state index contributed by atoms with van der Waals surface area (Å²) in [6.07, 6.45) is -3.93. The molecule has 2 N–H and O–H groups in total. The molecule has 0 aliphatic rings. The molecule has 0 atom stereocenters. The van der Waals surface area contributed by atoms with Crippen molar-refractivity contribution in [1.82, 2.24) is 10.3 Å². The van der Waals surface area contributed by atoms with Crippen molar-refractivity contribution in [3.63, 3.8) is 0 Å². The van der Waals surface area contributed by atoms with Crippen LogP contribution >= 0.6 is 0 Å². The highest BCUT2D eigenvalue weighted by Gasteiger charge is 2.34. The Morgan fingerprint density at radius 3 is 1.96 bits per heavy atom. The Balaban J connectivity index is 2.22. The molecule has 0 aliphatic heterocycles. The second-order valence-corrected chi connectivity index (χ2v) is 6.19. The van der Waals surface area contributed by atoms with Crippen molar-refractivity contribution < 1.29 is 21.6 Å². The highest BCUT2D eigenvalue weighted by Crippen LogP contribution is 2.25. The Morgan fingerprint density at radius 2 is 1.43 bits per heavy atom. The van der Waals surface area contributed by atoms with Crippen LogP contribution in [-0.2, 0) is 10.0 Å². The van der Waals surface area contributed by atoms with Crippen molar-refractivity contribution in [3.05, 3.63) is 71.9 Å². The quantitative estimate of drug-likeness (QED) is 0.821. The van der Waals surface area contributed by atoms with Crippen molar-refractivity contribution in [2.24, 2.45) is 0 Å². The molecule has 0 saturated carbocycles. The van der Waals surface area contributed by atoms with E-state index in [4.69, 9.17) is 0 Å². The van der Waals surface area contributed by atoms with Crippen LogP contribution in [0, 0.1) is 0 Å². The van der Waals surface area contributed by atoms with Crippen LogP contribution in [0.25, 0.3) is 6.08 Å². The van der Waals surface area contributed by atoms with E-state index in [1.807, 2.05) is 0 Å². The fourth-order valence-corrected chi connectivity index (χ4v) is 2.56. The maximum atomic E-state index is 13.0. The van der Waals surface area contributed by atoms with Gasteiger partial charge in [0.25, 0.3) is 10.0 Å². The van der Waals surface area contributed by atoms with E-state index in [2.05, 4.69) is 0 Å². The molecule has 0 saturated heterocycles. The molecule has 0 amide bonds. The molecule has 0 radical (unpaired) electrons. The summed E-state index contributed by atoms with van der Waals surface area (Å²) in [5, 5.41) is 0. The number of benzene rings is 2. The lowest BCUT2D eigenvalue weighted by atomic mass is 10.2. The molecule has 122 valence electrons. The molecule has 2 rings (SSSR count). The van der Waals surface area contributed by atoms with Crippen LogP contribution in [0.1, 0.15) is 5.56 Å². The van der Waals surface area contributed by atoms with Crippen molar-refractivity contribution >= 4 is 16.1 Å². The number of halogens is 3. The van der Waals surface area contributed by atoms with Crippen LogP contribution in [-0.4, -0.2) is 14.6 Å². The second-order valence-electron chi connectivity index (χ2n) is 4.51. The lowest BCUT2D eigenvalue weighted by molar-refractivity contribution is -0.0962. The van der Waals surface area contributed by atoms with E-state index >= 15 is 0 Å². The number of allylic oxidation sites excluding steroid dienone is 1. The summed E-state index contributed by atoms with van der Waals surface area (Å²) < 4.78 is 62.9. The van der Waals surface area contributed by atoms with Crippen molar-refractivity contribution in [2.45, 2.75) is 11.1 Å². The molecule has 0 aromatic heterocycles. The van der Waals surface area contributed by atoms with Crippen molar-refractivity contribution in [1.29, 1.82) is 0 Å². The first-order valence-electron chi connectivity index (χ1n) is 6.46. The van der Waals surface area contributed by atoms with E-state index < -0.39 is 21.9 Å². The number of hydrogen-bond donors (Lipinski definition) is 2. The van der Waals surface area contributed by atoms with E-state index in [9.17, 15) is 21.6 Å². The van der Waals surface area contributed by atoms with Crippen LogP contribution in [0.5, 0.6) is 0 Å². The highest BCUT2D eigenvalue weighted by molar-refractivity contribution is 7.89. The first-order chi connectivity index (χ1) is 10.8. The van der Waals surface area contributed by atoms with Gasteiger partial charge < -0.3 is 5.43 Å². The monoisotopic (exact) mass is 342 g/mol. The molecule has 4 nitrogen and oxygen atoms in total. The van der Waals surface area contributed by atoms with Gasteiger partial charge in [0, 0.05) is 0 Å². The minimum Gasteiger partial charge on any atom is -0.304 e. The Bertz CT molecular complexity index is 773. The number of hydrazine groups is 1. The Morgan fingerprint density at radius 1 is 0.913 bits per heavy atom. The third-order valence-corrected chi connectivity index (χ3v) is 4.05. The predicted molar refractivity (Wildman–Crippen MR) is 80.4 cm³/mol. The number of sulfonamides is 1.